The van der Waals surface area contributed by atoms with E-state index in [1.165, 1.54) is 5.56 Å². The molecule has 7 heteroatoms. The van der Waals surface area contributed by atoms with E-state index in [1.54, 1.807) is 24.0 Å². The smallest absolute Gasteiger partial charge is 0.258 e. The highest BCUT2D eigenvalue weighted by atomic mass is 35.5. The Morgan fingerprint density at radius 1 is 1.10 bits per heavy atom. The fourth-order valence-corrected chi connectivity index (χ4v) is 3.65. The van der Waals surface area contributed by atoms with Gasteiger partial charge in [0.25, 0.3) is 5.91 Å². The molecule has 0 bridgehead atoms. The summed E-state index contributed by atoms with van der Waals surface area (Å²) in [5.74, 6) is 0.645. The number of hydrogen-bond donors (Lipinski definition) is 2. The van der Waals surface area contributed by atoms with Crippen molar-refractivity contribution in [3.63, 3.8) is 0 Å². The minimum atomic E-state index is -0.611. The molecule has 1 unspecified atom stereocenters. The molecule has 1 heterocycles. The Bertz CT molecular complexity index is 788. The molecule has 0 radical (unpaired) electrons. The molecule has 1 fully saturated rings. The van der Waals surface area contributed by atoms with Crippen molar-refractivity contribution in [1.29, 1.82) is 0 Å². The number of hydrogen-bond acceptors (Lipinski definition) is 4. The second-order valence-corrected chi connectivity index (χ2v) is 7.15. The van der Waals surface area contributed by atoms with Crippen LogP contribution in [0, 0.1) is 5.92 Å². The second-order valence-electron chi connectivity index (χ2n) is 7.15. The van der Waals surface area contributed by atoms with E-state index in [4.69, 9.17) is 10.5 Å². The number of nitrogens with one attached hydrogen (secondary N) is 1. The van der Waals surface area contributed by atoms with Crippen molar-refractivity contribution in [1.82, 2.24) is 10.2 Å². The standard InChI is InChI=1S/C22H27N3O3.ClH/c1-16(24-21(26)15-28-19-10-6-3-7-11-19)22(27)25-13-18(12-23)20(14-25)17-8-4-2-5-9-17;/h2-11,16,18,20H,12-15,23H2,1H3,(H,24,26);1H/t16?,18-,20+;/m1./s1. The molecule has 1 aliphatic rings. The number of rotatable bonds is 7. The van der Waals surface area contributed by atoms with E-state index in [0.717, 1.165) is 0 Å². The summed E-state index contributed by atoms with van der Waals surface area (Å²) >= 11 is 0. The van der Waals surface area contributed by atoms with Gasteiger partial charge in [0.05, 0.1) is 0 Å². The summed E-state index contributed by atoms with van der Waals surface area (Å²) in [7, 11) is 0. The van der Waals surface area contributed by atoms with Gasteiger partial charge in [-0.1, -0.05) is 48.5 Å². The maximum absolute atomic E-state index is 12.8. The molecule has 6 nitrogen and oxygen atoms in total. The normalized spacial score (nSPS) is 19.2. The van der Waals surface area contributed by atoms with E-state index in [0.29, 0.717) is 25.4 Å². The summed E-state index contributed by atoms with van der Waals surface area (Å²) in [5, 5.41) is 2.73. The van der Waals surface area contributed by atoms with Gasteiger partial charge in [0, 0.05) is 19.0 Å². The molecule has 156 valence electrons. The Morgan fingerprint density at radius 2 is 1.72 bits per heavy atom. The van der Waals surface area contributed by atoms with Gasteiger partial charge in [-0.2, -0.15) is 0 Å². The van der Waals surface area contributed by atoms with Crippen LogP contribution in [0.2, 0.25) is 0 Å². The number of nitrogens with zero attached hydrogens (tertiary/aromatic N) is 1. The minimum absolute atomic E-state index is 0. The van der Waals surface area contributed by atoms with Crippen LogP contribution in [0.4, 0.5) is 0 Å². The van der Waals surface area contributed by atoms with E-state index < -0.39 is 6.04 Å². The first-order valence-electron chi connectivity index (χ1n) is 9.59. The molecule has 0 saturated carbocycles. The summed E-state index contributed by atoms with van der Waals surface area (Å²) in [4.78, 5) is 26.8. The van der Waals surface area contributed by atoms with Crippen LogP contribution in [-0.4, -0.2) is 49.0 Å². The van der Waals surface area contributed by atoms with Gasteiger partial charge in [-0.05, 0) is 37.1 Å². The molecular formula is C22H28ClN3O3. The maximum Gasteiger partial charge on any atom is 0.258 e. The number of carbonyl (C=O) groups is 2. The molecule has 2 aromatic carbocycles. The third-order valence-electron chi connectivity index (χ3n) is 5.14. The zero-order valence-corrected chi connectivity index (χ0v) is 17.3. The zero-order chi connectivity index (χ0) is 19.9. The lowest BCUT2D eigenvalue weighted by Gasteiger charge is -2.22. The summed E-state index contributed by atoms with van der Waals surface area (Å²) < 4.78 is 5.43. The predicted octanol–water partition coefficient (Wildman–Crippen LogP) is 2.19. The molecule has 2 aromatic rings. The number of likely N-dealkylation sites (tertiary alicyclic amines) is 1. The second kappa shape index (κ2) is 10.8. The number of amides is 2. The van der Waals surface area contributed by atoms with Crippen molar-refractivity contribution in [2.45, 2.75) is 18.9 Å². The molecule has 0 spiro atoms. The lowest BCUT2D eigenvalue weighted by atomic mass is 9.89. The summed E-state index contributed by atoms with van der Waals surface area (Å²) in [6.07, 6.45) is 0. The number of halogens is 1. The molecule has 2 amide bonds. The zero-order valence-electron chi connectivity index (χ0n) is 16.5. The SMILES string of the molecule is CC(NC(=O)COc1ccccc1)C(=O)N1C[C@@H](CN)[C@H](c2ccccc2)C1.Cl. The van der Waals surface area contributed by atoms with Crippen molar-refractivity contribution < 1.29 is 14.3 Å². The van der Waals surface area contributed by atoms with Gasteiger partial charge in [0.15, 0.2) is 6.61 Å². The topological polar surface area (TPSA) is 84.7 Å². The Hall–Kier alpha value is -2.57. The highest BCUT2D eigenvalue weighted by molar-refractivity contribution is 5.88. The molecule has 3 N–H and O–H groups in total. The summed E-state index contributed by atoms with van der Waals surface area (Å²) in [6.45, 7) is 3.33. The van der Waals surface area contributed by atoms with Crippen LogP contribution in [0.3, 0.4) is 0 Å². The largest absolute Gasteiger partial charge is 0.484 e. The average molecular weight is 418 g/mol. The summed E-state index contributed by atoms with van der Waals surface area (Å²) in [6, 6.07) is 18.6. The van der Waals surface area contributed by atoms with E-state index >= 15 is 0 Å². The molecule has 29 heavy (non-hydrogen) atoms. The van der Waals surface area contributed by atoms with Gasteiger partial charge >= 0.3 is 0 Å². The van der Waals surface area contributed by atoms with E-state index in [2.05, 4.69) is 17.4 Å². The van der Waals surface area contributed by atoms with Crippen molar-refractivity contribution in [3.8, 4) is 5.75 Å². The fraction of sp³-hybridized carbons (Fsp3) is 0.364. The predicted molar refractivity (Wildman–Crippen MR) is 115 cm³/mol. The number of nitrogens with two attached hydrogens (primary N) is 1. The van der Waals surface area contributed by atoms with Crippen LogP contribution in [0.25, 0.3) is 0 Å². The van der Waals surface area contributed by atoms with E-state index in [1.807, 2.05) is 36.4 Å². The van der Waals surface area contributed by atoms with Crippen molar-refractivity contribution in [2.75, 3.05) is 26.2 Å². The first-order chi connectivity index (χ1) is 13.6. The molecule has 0 aromatic heterocycles. The molecule has 3 rings (SSSR count). The van der Waals surface area contributed by atoms with E-state index in [9.17, 15) is 9.59 Å². The highest BCUT2D eigenvalue weighted by Crippen LogP contribution is 2.32. The third kappa shape index (κ3) is 5.95. The Morgan fingerprint density at radius 3 is 2.34 bits per heavy atom. The number of benzene rings is 2. The van der Waals surface area contributed by atoms with Crippen molar-refractivity contribution in [2.24, 2.45) is 11.7 Å². The van der Waals surface area contributed by atoms with Gasteiger partial charge in [-0.3, -0.25) is 9.59 Å². The highest BCUT2D eigenvalue weighted by Gasteiger charge is 2.36. The Kier molecular flexibility index (Phi) is 8.49. The minimum Gasteiger partial charge on any atom is -0.484 e. The number of ether oxygens (including phenoxy) is 1. The number of para-hydroxylation sites is 1. The van der Waals surface area contributed by atoms with Gasteiger partial charge in [0.1, 0.15) is 11.8 Å². The van der Waals surface area contributed by atoms with Crippen LogP contribution in [-0.2, 0) is 9.59 Å². The van der Waals surface area contributed by atoms with Crippen LogP contribution >= 0.6 is 12.4 Å². The lowest BCUT2D eigenvalue weighted by Crippen LogP contribution is -2.47. The average Bonchev–Trinajstić information content (AvgIpc) is 3.17. The van der Waals surface area contributed by atoms with Gasteiger partial charge in [-0.15, -0.1) is 12.4 Å². The van der Waals surface area contributed by atoms with Crippen LogP contribution < -0.4 is 15.8 Å². The van der Waals surface area contributed by atoms with Crippen LogP contribution in [0.5, 0.6) is 5.75 Å². The summed E-state index contributed by atoms with van der Waals surface area (Å²) in [5.41, 5.74) is 7.15. The van der Waals surface area contributed by atoms with Crippen molar-refractivity contribution in [3.05, 3.63) is 66.2 Å². The first kappa shape index (κ1) is 22.7. The van der Waals surface area contributed by atoms with Gasteiger partial charge in [-0.25, -0.2) is 0 Å². The third-order valence-corrected chi connectivity index (χ3v) is 5.14. The van der Waals surface area contributed by atoms with Crippen LogP contribution in [0.1, 0.15) is 18.4 Å². The first-order valence-corrected chi connectivity index (χ1v) is 9.59. The molecule has 1 aliphatic heterocycles. The van der Waals surface area contributed by atoms with Gasteiger partial charge < -0.3 is 20.7 Å². The fourth-order valence-electron chi connectivity index (χ4n) is 3.65. The van der Waals surface area contributed by atoms with E-state index in [-0.39, 0.29) is 42.7 Å². The molecule has 0 aliphatic carbocycles. The molecular weight excluding hydrogens is 390 g/mol. The van der Waals surface area contributed by atoms with Crippen molar-refractivity contribution >= 4 is 24.2 Å². The Labute approximate surface area is 177 Å². The molecule has 1 saturated heterocycles. The maximum atomic E-state index is 12.8. The molecule has 3 atom stereocenters. The monoisotopic (exact) mass is 417 g/mol. The van der Waals surface area contributed by atoms with Gasteiger partial charge in [0.2, 0.25) is 5.91 Å². The number of carbonyl (C=O) groups excluding carboxylic acids is 2. The quantitative estimate of drug-likeness (QED) is 0.723. The lowest BCUT2D eigenvalue weighted by molar-refractivity contribution is -0.135. The Balaban J connectivity index is 0.00000300. The van der Waals surface area contributed by atoms with Crippen LogP contribution in [0.15, 0.2) is 60.7 Å².